The molecular weight excluding hydrogens is 336 g/mol. The topological polar surface area (TPSA) is 120 Å². The van der Waals surface area contributed by atoms with Gasteiger partial charge < -0.3 is 4.74 Å². The van der Waals surface area contributed by atoms with Gasteiger partial charge in [-0.15, -0.1) is 0 Å². The van der Waals surface area contributed by atoms with E-state index in [-0.39, 0.29) is 22.0 Å². The van der Waals surface area contributed by atoms with Crippen molar-refractivity contribution in [2.45, 2.75) is 18.7 Å². The fraction of sp³-hybridized carbons (Fsp3) is 0.286. The standard InChI is InChI=1S/C14H16N4O5S/c1-8-12(9(2)18(3)16-8)24(21,22)17-13(19)10-6-5-7-11(15-10)14(20)23-4/h5-7H,1-4H3,(H,17,19). The molecule has 0 bridgehead atoms. The highest BCUT2D eigenvalue weighted by molar-refractivity contribution is 7.90. The third-order valence-corrected chi connectivity index (χ3v) is 4.90. The summed E-state index contributed by atoms with van der Waals surface area (Å²) in [6.45, 7) is 3.11. The van der Waals surface area contributed by atoms with Crippen LogP contribution in [-0.2, 0) is 21.8 Å². The van der Waals surface area contributed by atoms with Crippen molar-refractivity contribution in [2.75, 3.05) is 7.11 Å². The van der Waals surface area contributed by atoms with Gasteiger partial charge >= 0.3 is 5.97 Å². The van der Waals surface area contributed by atoms with Gasteiger partial charge in [0.05, 0.1) is 18.5 Å². The molecule has 2 heterocycles. The van der Waals surface area contributed by atoms with Gasteiger partial charge in [-0.05, 0) is 26.0 Å². The molecule has 9 nitrogen and oxygen atoms in total. The van der Waals surface area contributed by atoms with E-state index in [0.29, 0.717) is 5.69 Å². The van der Waals surface area contributed by atoms with Crippen LogP contribution in [0.1, 0.15) is 32.4 Å². The Morgan fingerprint density at radius 3 is 2.38 bits per heavy atom. The highest BCUT2D eigenvalue weighted by Gasteiger charge is 2.27. The number of nitrogens with zero attached hydrogens (tertiary/aromatic N) is 3. The smallest absolute Gasteiger partial charge is 0.356 e. The second-order valence-electron chi connectivity index (χ2n) is 4.96. The Bertz CT molecular complexity index is 917. The fourth-order valence-electron chi connectivity index (χ4n) is 2.15. The van der Waals surface area contributed by atoms with Crippen LogP contribution in [0.3, 0.4) is 0 Å². The number of sulfonamides is 1. The first-order chi connectivity index (χ1) is 11.2. The van der Waals surface area contributed by atoms with E-state index >= 15 is 0 Å². The zero-order valence-electron chi connectivity index (χ0n) is 13.5. The molecular formula is C14H16N4O5S. The number of amides is 1. The predicted molar refractivity (Wildman–Crippen MR) is 82.9 cm³/mol. The predicted octanol–water partition coefficient (Wildman–Crippen LogP) is 0.337. The molecule has 0 aliphatic heterocycles. The quantitative estimate of drug-likeness (QED) is 0.788. The minimum atomic E-state index is -4.13. The second kappa shape index (κ2) is 6.40. The van der Waals surface area contributed by atoms with E-state index in [0.717, 1.165) is 0 Å². The summed E-state index contributed by atoms with van der Waals surface area (Å²) in [7, 11) is -1.35. The third kappa shape index (κ3) is 3.27. The first-order valence-corrected chi connectivity index (χ1v) is 8.28. The molecule has 0 saturated carbocycles. The van der Waals surface area contributed by atoms with Crippen molar-refractivity contribution in [3.05, 3.63) is 41.0 Å². The molecule has 0 spiro atoms. The van der Waals surface area contributed by atoms with E-state index in [4.69, 9.17) is 0 Å². The van der Waals surface area contributed by atoms with Crippen LogP contribution in [0.25, 0.3) is 0 Å². The molecule has 0 aromatic carbocycles. The van der Waals surface area contributed by atoms with Crippen molar-refractivity contribution in [2.24, 2.45) is 7.05 Å². The Balaban J connectivity index is 2.34. The average Bonchev–Trinajstić information content (AvgIpc) is 2.79. The first-order valence-electron chi connectivity index (χ1n) is 6.80. The Hall–Kier alpha value is -2.75. The summed E-state index contributed by atoms with van der Waals surface area (Å²) >= 11 is 0. The number of esters is 1. The van der Waals surface area contributed by atoms with Gasteiger partial charge in [-0.3, -0.25) is 9.48 Å². The SMILES string of the molecule is COC(=O)c1cccc(C(=O)NS(=O)(=O)c2c(C)nn(C)c2C)n1. The molecule has 0 unspecified atom stereocenters. The number of carbonyl (C=O) groups is 2. The number of carbonyl (C=O) groups excluding carboxylic acids is 2. The summed E-state index contributed by atoms with van der Waals surface area (Å²) in [4.78, 5) is 27.4. The van der Waals surface area contributed by atoms with Crippen LogP contribution < -0.4 is 4.72 Å². The monoisotopic (exact) mass is 352 g/mol. The molecule has 1 N–H and O–H groups in total. The van der Waals surface area contributed by atoms with Crippen molar-refractivity contribution in [3.8, 4) is 0 Å². The lowest BCUT2D eigenvalue weighted by Crippen LogP contribution is -2.32. The van der Waals surface area contributed by atoms with Crippen molar-refractivity contribution in [1.29, 1.82) is 0 Å². The van der Waals surface area contributed by atoms with Crippen molar-refractivity contribution in [3.63, 3.8) is 0 Å². The summed E-state index contributed by atoms with van der Waals surface area (Å²) in [5.74, 6) is -1.69. The molecule has 0 saturated heterocycles. The van der Waals surface area contributed by atoms with Crippen LogP contribution >= 0.6 is 0 Å². The van der Waals surface area contributed by atoms with Crippen LogP contribution in [-0.4, -0.2) is 42.2 Å². The van der Waals surface area contributed by atoms with Gasteiger partial charge in [0.15, 0.2) is 0 Å². The summed E-state index contributed by atoms with van der Waals surface area (Å²) in [5, 5.41) is 4.01. The number of hydrogen-bond donors (Lipinski definition) is 1. The van der Waals surface area contributed by atoms with Crippen LogP contribution in [0.15, 0.2) is 23.1 Å². The Kier molecular flexibility index (Phi) is 4.69. The lowest BCUT2D eigenvalue weighted by molar-refractivity contribution is 0.0594. The summed E-state index contributed by atoms with van der Waals surface area (Å²) in [6, 6.07) is 4.05. The van der Waals surface area contributed by atoms with Gasteiger partial charge in [0.2, 0.25) is 0 Å². The maximum atomic E-state index is 12.4. The largest absolute Gasteiger partial charge is 0.464 e. The molecule has 24 heavy (non-hydrogen) atoms. The van der Waals surface area contributed by atoms with Gasteiger partial charge in [0.25, 0.3) is 15.9 Å². The van der Waals surface area contributed by atoms with Crippen molar-refractivity contribution < 1.29 is 22.7 Å². The van der Waals surface area contributed by atoms with Gasteiger partial charge in [-0.1, -0.05) is 6.07 Å². The summed E-state index contributed by atoms with van der Waals surface area (Å²) in [6.07, 6.45) is 0. The van der Waals surface area contributed by atoms with Crippen molar-refractivity contribution >= 4 is 21.9 Å². The van der Waals surface area contributed by atoms with Gasteiger partial charge in [0.1, 0.15) is 16.3 Å². The molecule has 128 valence electrons. The van der Waals surface area contributed by atoms with Gasteiger partial charge in [-0.2, -0.15) is 5.10 Å². The van der Waals surface area contributed by atoms with E-state index in [2.05, 4.69) is 14.8 Å². The summed E-state index contributed by atoms with van der Waals surface area (Å²) < 4.78 is 32.7. The lowest BCUT2D eigenvalue weighted by atomic mass is 10.3. The molecule has 10 heteroatoms. The summed E-state index contributed by atoms with van der Waals surface area (Å²) in [5.41, 5.74) is 0.340. The maximum Gasteiger partial charge on any atom is 0.356 e. The highest BCUT2D eigenvalue weighted by Crippen LogP contribution is 2.18. The van der Waals surface area contributed by atoms with Crippen LogP contribution in [0.4, 0.5) is 0 Å². The Labute approximate surface area is 138 Å². The minimum absolute atomic E-state index is 0.0672. The Morgan fingerprint density at radius 1 is 1.21 bits per heavy atom. The molecule has 2 rings (SSSR count). The molecule has 2 aromatic heterocycles. The van der Waals surface area contributed by atoms with Crippen LogP contribution in [0.2, 0.25) is 0 Å². The first kappa shape index (κ1) is 17.6. The van der Waals surface area contributed by atoms with Gasteiger partial charge in [0, 0.05) is 7.05 Å². The number of hydrogen-bond acceptors (Lipinski definition) is 7. The van der Waals surface area contributed by atoms with Crippen LogP contribution in [0, 0.1) is 13.8 Å². The molecule has 0 fully saturated rings. The van der Waals surface area contributed by atoms with E-state index in [1.807, 2.05) is 4.72 Å². The second-order valence-corrected chi connectivity index (χ2v) is 6.58. The molecule has 0 aliphatic rings. The average molecular weight is 352 g/mol. The number of pyridine rings is 1. The van der Waals surface area contributed by atoms with Crippen LogP contribution in [0.5, 0.6) is 0 Å². The minimum Gasteiger partial charge on any atom is -0.464 e. The van der Waals surface area contributed by atoms with Gasteiger partial charge in [-0.25, -0.2) is 22.9 Å². The number of ether oxygens (including phenoxy) is 1. The number of rotatable bonds is 4. The molecule has 1 amide bonds. The molecule has 2 aromatic rings. The molecule has 0 aliphatic carbocycles. The number of aryl methyl sites for hydroxylation is 2. The lowest BCUT2D eigenvalue weighted by Gasteiger charge is -2.07. The zero-order chi connectivity index (χ0) is 18.1. The van der Waals surface area contributed by atoms with Crippen molar-refractivity contribution in [1.82, 2.24) is 19.5 Å². The third-order valence-electron chi connectivity index (χ3n) is 3.31. The normalized spacial score (nSPS) is 11.2. The number of methoxy groups -OCH3 is 1. The van der Waals surface area contributed by atoms with E-state index in [9.17, 15) is 18.0 Å². The zero-order valence-corrected chi connectivity index (χ0v) is 14.3. The number of nitrogens with one attached hydrogen (secondary N) is 1. The Morgan fingerprint density at radius 2 is 1.83 bits per heavy atom. The number of aromatic nitrogens is 3. The highest BCUT2D eigenvalue weighted by atomic mass is 32.2. The van der Waals surface area contributed by atoms with E-state index in [1.165, 1.54) is 36.9 Å². The molecule has 0 radical (unpaired) electrons. The molecule has 0 atom stereocenters. The van der Waals surface area contributed by atoms with E-state index < -0.39 is 21.9 Å². The fourth-order valence-corrected chi connectivity index (χ4v) is 3.55. The maximum absolute atomic E-state index is 12.4. The van der Waals surface area contributed by atoms with E-state index in [1.54, 1.807) is 14.0 Å².